The number of hydrogen-bond donors (Lipinski definition) is 1. The van der Waals surface area contributed by atoms with Crippen LogP contribution in [0.1, 0.15) is 31.9 Å². The smallest absolute Gasteiger partial charge is 0.381 e. The van der Waals surface area contributed by atoms with Gasteiger partial charge in [0.05, 0.1) is 6.21 Å². The monoisotopic (exact) mass is 303 g/mol. The van der Waals surface area contributed by atoms with Crippen molar-refractivity contribution < 1.29 is 24.5 Å². The summed E-state index contributed by atoms with van der Waals surface area (Å²) in [5.74, 6) is -0.486. The van der Waals surface area contributed by atoms with Gasteiger partial charge in [-0.25, -0.2) is 0 Å². The van der Waals surface area contributed by atoms with Gasteiger partial charge in [0.1, 0.15) is 5.75 Å². The third-order valence-electron chi connectivity index (χ3n) is 2.27. The highest BCUT2D eigenvalue weighted by Crippen LogP contribution is 2.98. The van der Waals surface area contributed by atoms with E-state index in [0.717, 1.165) is 6.07 Å². The van der Waals surface area contributed by atoms with Crippen LogP contribution in [0.2, 0.25) is 0 Å². The predicted octanol–water partition coefficient (Wildman–Crippen LogP) is 5.32. The minimum atomic E-state index is -9.86. The molecule has 1 aromatic carbocycles. The molecule has 0 unspecified atom stereocenters. The maximum Gasteiger partial charge on any atom is 0.381 e. The number of para-hydroxylation sites is 1. The summed E-state index contributed by atoms with van der Waals surface area (Å²) < 4.78 is 61.9. The summed E-state index contributed by atoms with van der Waals surface area (Å²) in [4.78, 5) is 0. The molecule has 0 heterocycles. The Labute approximate surface area is 107 Å². The minimum absolute atomic E-state index is 0.0495. The SMILES string of the molecule is CC(C)(C)c1cccc(/C=N/S(F)(F)(F)(F)F)c1O. The molecular weight excluding hydrogens is 289 g/mol. The van der Waals surface area contributed by atoms with Crippen molar-refractivity contribution in [2.75, 3.05) is 0 Å². The number of phenolic OH excluding ortho intramolecular Hbond substituents is 1. The Morgan fingerprint density at radius 3 is 2.05 bits per heavy atom. The molecule has 1 rings (SSSR count). The van der Waals surface area contributed by atoms with Gasteiger partial charge in [0.2, 0.25) is 0 Å². The molecule has 0 aliphatic rings. The van der Waals surface area contributed by atoms with Crippen LogP contribution >= 0.6 is 10.4 Å². The second-order valence-corrected chi connectivity index (χ2v) is 7.22. The van der Waals surface area contributed by atoms with E-state index in [1.54, 1.807) is 20.8 Å². The van der Waals surface area contributed by atoms with Crippen molar-refractivity contribution >= 4 is 16.6 Å². The van der Waals surface area contributed by atoms with Crippen LogP contribution in [0, 0.1) is 0 Å². The number of aromatic hydroxyl groups is 1. The molecule has 0 aromatic heterocycles. The largest absolute Gasteiger partial charge is 0.507 e. The van der Waals surface area contributed by atoms with Gasteiger partial charge in [-0.15, -0.1) is 4.40 Å². The molecule has 110 valence electrons. The standard InChI is InChI=1S/C11H14F5NOS/c1-11(2,3)9-6-4-5-8(10(9)18)7-17-19(12,13,14,15)16/h4-7,18H,1-3H3/b17-7+. The number of phenols is 1. The fourth-order valence-corrected chi connectivity index (χ4v) is 1.74. The van der Waals surface area contributed by atoms with Crippen molar-refractivity contribution in [3.63, 3.8) is 0 Å². The minimum Gasteiger partial charge on any atom is -0.507 e. The highest BCUT2D eigenvalue weighted by Gasteiger charge is 2.63. The highest BCUT2D eigenvalue weighted by molar-refractivity contribution is 8.44. The van der Waals surface area contributed by atoms with Crippen molar-refractivity contribution in [3.8, 4) is 5.75 Å². The van der Waals surface area contributed by atoms with E-state index >= 15 is 0 Å². The molecule has 0 spiro atoms. The molecule has 0 aliphatic heterocycles. The fraction of sp³-hybridized carbons (Fsp3) is 0.364. The molecule has 0 fully saturated rings. The Balaban J connectivity index is 3.31. The van der Waals surface area contributed by atoms with E-state index in [2.05, 4.69) is 0 Å². The van der Waals surface area contributed by atoms with Crippen molar-refractivity contribution in [1.82, 2.24) is 0 Å². The lowest BCUT2D eigenvalue weighted by molar-refractivity contribution is 0.367. The first-order valence-electron chi connectivity index (χ1n) is 5.22. The summed E-state index contributed by atoms with van der Waals surface area (Å²) >= 11 is 0. The van der Waals surface area contributed by atoms with Crippen LogP contribution in [0.4, 0.5) is 19.4 Å². The van der Waals surface area contributed by atoms with Gasteiger partial charge in [0, 0.05) is 5.56 Å². The van der Waals surface area contributed by atoms with Crippen LogP contribution in [-0.4, -0.2) is 11.3 Å². The lowest BCUT2D eigenvalue weighted by atomic mass is 9.85. The molecular formula is C11H14F5NOS. The Hall–Kier alpha value is -1.31. The topological polar surface area (TPSA) is 32.6 Å². The Morgan fingerprint density at radius 2 is 1.63 bits per heavy atom. The summed E-state index contributed by atoms with van der Waals surface area (Å²) in [5, 5.41) is 9.80. The lowest BCUT2D eigenvalue weighted by Crippen LogP contribution is -2.12. The maximum atomic E-state index is 12.1. The lowest BCUT2D eigenvalue weighted by Gasteiger charge is -2.34. The fourth-order valence-electron chi connectivity index (χ4n) is 1.43. The van der Waals surface area contributed by atoms with Crippen molar-refractivity contribution in [2.24, 2.45) is 4.40 Å². The number of halogens is 5. The summed E-state index contributed by atoms with van der Waals surface area (Å²) in [5.41, 5.74) is -0.595. The zero-order chi connectivity index (χ0) is 15.2. The van der Waals surface area contributed by atoms with Crippen LogP contribution in [0.25, 0.3) is 0 Å². The average molecular weight is 303 g/mol. The zero-order valence-corrected chi connectivity index (χ0v) is 11.3. The first-order valence-corrected chi connectivity index (χ1v) is 7.13. The van der Waals surface area contributed by atoms with Crippen LogP contribution in [0.5, 0.6) is 5.75 Å². The van der Waals surface area contributed by atoms with E-state index in [0.29, 0.717) is 5.56 Å². The molecule has 0 atom stereocenters. The summed E-state index contributed by atoms with van der Waals surface area (Å²) in [6.07, 6.45) is -0.0495. The highest BCUT2D eigenvalue weighted by atomic mass is 32.5. The van der Waals surface area contributed by atoms with E-state index < -0.39 is 27.1 Å². The molecule has 1 N–H and O–H groups in total. The molecule has 0 bridgehead atoms. The second kappa shape index (κ2) is 3.62. The molecule has 0 saturated heterocycles. The van der Waals surface area contributed by atoms with Crippen molar-refractivity contribution in [1.29, 1.82) is 0 Å². The molecule has 0 amide bonds. The van der Waals surface area contributed by atoms with E-state index in [4.69, 9.17) is 0 Å². The average Bonchev–Trinajstić information content (AvgIpc) is 2.11. The van der Waals surface area contributed by atoms with Crippen LogP contribution in [0.15, 0.2) is 22.6 Å². The van der Waals surface area contributed by atoms with E-state index in [1.165, 1.54) is 16.5 Å². The van der Waals surface area contributed by atoms with E-state index in [1.807, 2.05) is 0 Å². The van der Waals surface area contributed by atoms with Crippen LogP contribution in [-0.2, 0) is 5.41 Å². The molecule has 0 aliphatic carbocycles. The number of nitrogens with zero attached hydrogens (tertiary/aromatic N) is 1. The van der Waals surface area contributed by atoms with E-state index in [9.17, 15) is 24.5 Å². The Kier molecular flexibility index (Phi) is 3.00. The third-order valence-corrected chi connectivity index (χ3v) is 2.77. The number of rotatable bonds is 2. The van der Waals surface area contributed by atoms with Gasteiger partial charge in [0.25, 0.3) is 0 Å². The Morgan fingerprint density at radius 1 is 1.11 bits per heavy atom. The quantitative estimate of drug-likeness (QED) is 0.582. The summed E-state index contributed by atoms with van der Waals surface area (Å²) in [7, 11) is -9.86. The van der Waals surface area contributed by atoms with Gasteiger partial charge in [-0.1, -0.05) is 52.3 Å². The molecule has 2 nitrogen and oxygen atoms in total. The first-order chi connectivity index (χ1) is 8.09. The molecule has 19 heavy (non-hydrogen) atoms. The zero-order valence-electron chi connectivity index (χ0n) is 10.5. The van der Waals surface area contributed by atoms with Gasteiger partial charge in [-0.3, -0.25) is 0 Å². The van der Waals surface area contributed by atoms with Crippen molar-refractivity contribution in [3.05, 3.63) is 29.3 Å². The van der Waals surface area contributed by atoms with Gasteiger partial charge < -0.3 is 5.11 Å². The summed E-state index contributed by atoms with van der Waals surface area (Å²) in [6, 6.07) is 3.96. The third kappa shape index (κ3) is 5.06. The normalized spacial score (nSPS) is 17.3. The van der Waals surface area contributed by atoms with E-state index in [-0.39, 0.29) is 6.21 Å². The van der Waals surface area contributed by atoms with Gasteiger partial charge in [0.15, 0.2) is 0 Å². The molecule has 0 radical (unpaired) electrons. The first kappa shape index (κ1) is 15.7. The number of benzene rings is 1. The molecule has 1 aromatic rings. The second-order valence-electron chi connectivity index (χ2n) is 5.16. The number of hydrogen-bond acceptors (Lipinski definition) is 2. The predicted molar refractivity (Wildman–Crippen MR) is 67.5 cm³/mol. The Bertz CT molecular complexity index is 530. The summed E-state index contributed by atoms with van der Waals surface area (Å²) in [6.45, 7) is 5.19. The molecule has 8 heteroatoms. The van der Waals surface area contributed by atoms with Crippen LogP contribution < -0.4 is 0 Å². The van der Waals surface area contributed by atoms with Gasteiger partial charge >= 0.3 is 10.4 Å². The van der Waals surface area contributed by atoms with Crippen molar-refractivity contribution in [2.45, 2.75) is 26.2 Å². The maximum absolute atomic E-state index is 12.1. The van der Waals surface area contributed by atoms with Crippen LogP contribution in [0.3, 0.4) is 0 Å². The van der Waals surface area contributed by atoms with Gasteiger partial charge in [-0.2, -0.15) is 0 Å². The van der Waals surface area contributed by atoms with Gasteiger partial charge in [-0.05, 0) is 17.0 Å². The molecule has 0 saturated carbocycles.